The van der Waals surface area contributed by atoms with E-state index >= 15 is 0 Å². The number of anilines is 1. The molecule has 3 rings (SSSR count). The number of aromatic nitrogens is 3. The first-order valence-electron chi connectivity index (χ1n) is 5.71. The summed E-state index contributed by atoms with van der Waals surface area (Å²) >= 11 is 5.95. The van der Waals surface area contributed by atoms with Crippen molar-refractivity contribution in [3.8, 4) is 0 Å². The van der Waals surface area contributed by atoms with Crippen molar-refractivity contribution in [1.29, 1.82) is 0 Å². The fourth-order valence-electron chi connectivity index (χ4n) is 2.18. The van der Waals surface area contributed by atoms with Crippen molar-refractivity contribution in [2.75, 3.05) is 18.5 Å². The van der Waals surface area contributed by atoms with Gasteiger partial charge in [-0.2, -0.15) is 5.10 Å². The number of nitrogens with zero attached hydrogens (tertiary/aromatic N) is 4. The van der Waals surface area contributed by atoms with Crippen LogP contribution in [-0.4, -0.2) is 28.4 Å². The van der Waals surface area contributed by atoms with Crippen molar-refractivity contribution in [2.45, 2.75) is 0 Å². The minimum atomic E-state index is 0.519. The lowest BCUT2D eigenvalue weighted by Crippen LogP contribution is -2.23. The van der Waals surface area contributed by atoms with Crippen LogP contribution in [0.3, 0.4) is 0 Å². The lowest BCUT2D eigenvalue weighted by Gasteiger charge is -2.26. The summed E-state index contributed by atoms with van der Waals surface area (Å²) in [5.41, 5.74) is 4.34. The van der Waals surface area contributed by atoms with Gasteiger partial charge >= 0.3 is 0 Å². The van der Waals surface area contributed by atoms with E-state index in [9.17, 15) is 0 Å². The number of pyridine rings is 1. The van der Waals surface area contributed by atoms with Gasteiger partial charge in [0.1, 0.15) is 5.15 Å². The fraction of sp³-hybridized carbons (Fsp3) is 0.231. The predicted molar refractivity (Wildman–Crippen MR) is 73.6 cm³/mol. The normalized spacial score (nSPS) is 14.4. The minimum absolute atomic E-state index is 0.519. The van der Waals surface area contributed by atoms with Crippen LogP contribution in [0.15, 0.2) is 24.5 Å². The molecule has 0 radical (unpaired) electrons. The van der Waals surface area contributed by atoms with Crippen LogP contribution in [0.25, 0.3) is 11.6 Å². The number of fused-ring (bicyclic) bond motifs is 1. The van der Waals surface area contributed by atoms with Gasteiger partial charge < -0.3 is 4.90 Å². The molecule has 4 nitrogen and oxygen atoms in total. The molecule has 2 aromatic rings. The summed E-state index contributed by atoms with van der Waals surface area (Å²) in [5.74, 6) is 0. The van der Waals surface area contributed by atoms with E-state index in [-0.39, 0.29) is 0 Å². The molecule has 0 atom stereocenters. The third-order valence-corrected chi connectivity index (χ3v) is 3.28. The van der Waals surface area contributed by atoms with E-state index in [4.69, 9.17) is 11.6 Å². The number of likely N-dealkylation sites (N-methyl/N-ethyl adjacent to an activating group) is 1. The molecule has 0 amide bonds. The molecule has 92 valence electrons. The SMILES string of the molecule is CN1CC(c2cnn(C)c2)=Cc2nc(Cl)ccc21. The molecule has 0 spiro atoms. The third-order valence-electron chi connectivity index (χ3n) is 3.07. The summed E-state index contributed by atoms with van der Waals surface area (Å²) in [5, 5.41) is 4.72. The van der Waals surface area contributed by atoms with E-state index in [2.05, 4.69) is 28.1 Å². The molecule has 5 heteroatoms. The molecule has 0 N–H and O–H groups in total. The fourth-order valence-corrected chi connectivity index (χ4v) is 2.34. The van der Waals surface area contributed by atoms with Gasteiger partial charge in [-0.05, 0) is 23.8 Å². The van der Waals surface area contributed by atoms with Crippen molar-refractivity contribution >= 4 is 28.9 Å². The average Bonchev–Trinajstić information content (AvgIpc) is 2.75. The summed E-state index contributed by atoms with van der Waals surface area (Å²) in [6, 6.07) is 3.82. The number of hydrogen-bond acceptors (Lipinski definition) is 3. The van der Waals surface area contributed by atoms with Crippen LogP contribution >= 0.6 is 11.6 Å². The molecule has 1 aliphatic heterocycles. The van der Waals surface area contributed by atoms with E-state index in [0.29, 0.717) is 5.15 Å². The maximum atomic E-state index is 5.95. The van der Waals surface area contributed by atoms with Crippen LogP contribution in [0.4, 0.5) is 5.69 Å². The van der Waals surface area contributed by atoms with E-state index in [1.807, 2.05) is 31.6 Å². The zero-order valence-electron chi connectivity index (χ0n) is 10.3. The minimum Gasteiger partial charge on any atom is -0.368 e. The van der Waals surface area contributed by atoms with Crippen LogP contribution in [0.5, 0.6) is 0 Å². The molecule has 0 saturated carbocycles. The maximum Gasteiger partial charge on any atom is 0.129 e. The highest BCUT2D eigenvalue weighted by Gasteiger charge is 2.17. The molecule has 0 fully saturated rings. The first kappa shape index (κ1) is 11.3. The average molecular weight is 261 g/mol. The summed E-state index contributed by atoms with van der Waals surface area (Å²) in [6.45, 7) is 0.849. The highest BCUT2D eigenvalue weighted by atomic mass is 35.5. The van der Waals surface area contributed by atoms with Gasteiger partial charge in [-0.15, -0.1) is 0 Å². The van der Waals surface area contributed by atoms with Crippen molar-refractivity contribution in [3.05, 3.63) is 40.9 Å². The lowest BCUT2D eigenvalue weighted by atomic mass is 10.0. The second-order valence-corrected chi connectivity index (χ2v) is 4.85. The Morgan fingerprint density at radius 1 is 1.28 bits per heavy atom. The van der Waals surface area contributed by atoms with E-state index in [1.165, 1.54) is 5.57 Å². The van der Waals surface area contributed by atoms with Gasteiger partial charge in [0.25, 0.3) is 0 Å². The molecule has 3 heterocycles. The van der Waals surface area contributed by atoms with Gasteiger partial charge in [-0.25, -0.2) is 4.98 Å². The first-order chi connectivity index (χ1) is 8.63. The highest BCUT2D eigenvalue weighted by molar-refractivity contribution is 6.29. The smallest absolute Gasteiger partial charge is 0.129 e. The Hall–Kier alpha value is -1.81. The molecular formula is C13H13ClN4. The topological polar surface area (TPSA) is 34.0 Å². The second kappa shape index (κ2) is 4.14. The molecule has 0 saturated heterocycles. The van der Waals surface area contributed by atoms with Gasteiger partial charge in [-0.1, -0.05) is 11.6 Å². The quantitative estimate of drug-likeness (QED) is 0.739. The summed E-state index contributed by atoms with van der Waals surface area (Å²) in [7, 11) is 3.97. The van der Waals surface area contributed by atoms with Gasteiger partial charge in [0.15, 0.2) is 0 Å². The monoisotopic (exact) mass is 260 g/mol. The maximum absolute atomic E-state index is 5.95. The Morgan fingerprint density at radius 3 is 2.83 bits per heavy atom. The van der Waals surface area contributed by atoms with Crippen molar-refractivity contribution in [2.24, 2.45) is 7.05 Å². The molecule has 2 aromatic heterocycles. The Kier molecular flexibility index (Phi) is 2.59. The zero-order valence-corrected chi connectivity index (χ0v) is 11.0. The van der Waals surface area contributed by atoms with Crippen LogP contribution < -0.4 is 4.90 Å². The van der Waals surface area contributed by atoms with Crippen LogP contribution in [-0.2, 0) is 7.05 Å². The second-order valence-electron chi connectivity index (χ2n) is 4.47. The Balaban J connectivity index is 2.09. The lowest BCUT2D eigenvalue weighted by molar-refractivity contribution is 0.767. The molecule has 1 aliphatic rings. The molecular weight excluding hydrogens is 248 g/mol. The Morgan fingerprint density at radius 2 is 2.11 bits per heavy atom. The highest BCUT2D eigenvalue weighted by Crippen LogP contribution is 2.31. The van der Waals surface area contributed by atoms with E-state index in [1.54, 1.807) is 4.68 Å². The van der Waals surface area contributed by atoms with Crippen molar-refractivity contribution in [3.63, 3.8) is 0 Å². The first-order valence-corrected chi connectivity index (χ1v) is 6.08. The van der Waals surface area contributed by atoms with Gasteiger partial charge in [-0.3, -0.25) is 4.68 Å². The number of hydrogen-bond donors (Lipinski definition) is 0. The molecule has 0 aromatic carbocycles. The van der Waals surface area contributed by atoms with Gasteiger partial charge in [0, 0.05) is 32.4 Å². The summed E-state index contributed by atoms with van der Waals surface area (Å²) < 4.78 is 1.80. The Bertz CT molecular complexity index is 630. The van der Waals surface area contributed by atoms with Gasteiger partial charge in [0.2, 0.25) is 0 Å². The van der Waals surface area contributed by atoms with Crippen LogP contribution in [0, 0.1) is 0 Å². The largest absolute Gasteiger partial charge is 0.368 e. The summed E-state index contributed by atoms with van der Waals surface area (Å²) in [6.07, 6.45) is 5.96. The Labute approximate surface area is 111 Å². The van der Waals surface area contributed by atoms with E-state index < -0.39 is 0 Å². The molecule has 18 heavy (non-hydrogen) atoms. The molecule has 0 unspecified atom stereocenters. The van der Waals surface area contributed by atoms with Crippen LogP contribution in [0.2, 0.25) is 5.15 Å². The number of aryl methyl sites for hydroxylation is 1. The van der Waals surface area contributed by atoms with Crippen molar-refractivity contribution in [1.82, 2.24) is 14.8 Å². The van der Waals surface area contributed by atoms with Crippen molar-refractivity contribution < 1.29 is 0 Å². The van der Waals surface area contributed by atoms with Gasteiger partial charge in [0.05, 0.1) is 17.6 Å². The standard InChI is InChI=1S/C13H13ClN4/c1-17-7-9(10-6-15-18(2)8-10)5-11-12(17)3-4-13(14)16-11/h3-6,8H,7H2,1-2H3. The molecule has 0 aliphatic carbocycles. The van der Waals surface area contributed by atoms with Crippen LogP contribution in [0.1, 0.15) is 11.3 Å². The third kappa shape index (κ3) is 1.88. The number of halogens is 1. The predicted octanol–water partition coefficient (Wildman–Crippen LogP) is 2.46. The van der Waals surface area contributed by atoms with E-state index in [0.717, 1.165) is 23.5 Å². The summed E-state index contributed by atoms with van der Waals surface area (Å²) in [4.78, 5) is 6.53. The number of rotatable bonds is 1. The molecule has 0 bridgehead atoms. The zero-order chi connectivity index (χ0) is 12.7.